The second-order valence-electron chi connectivity index (χ2n) is 4.65. The highest BCUT2D eigenvalue weighted by molar-refractivity contribution is 5.55. The number of hydrogen-bond acceptors (Lipinski definition) is 4. The molecule has 0 bridgehead atoms. The van der Waals surface area contributed by atoms with E-state index in [1.54, 1.807) is 0 Å². The van der Waals surface area contributed by atoms with E-state index in [2.05, 4.69) is 40.1 Å². The summed E-state index contributed by atoms with van der Waals surface area (Å²) >= 11 is 0. The molecule has 0 aliphatic carbocycles. The lowest BCUT2D eigenvalue weighted by Crippen LogP contribution is -2.44. The topological polar surface area (TPSA) is 31.4 Å². The molecule has 0 amide bonds. The van der Waals surface area contributed by atoms with E-state index in [-0.39, 0.29) is 0 Å². The van der Waals surface area contributed by atoms with Crippen LogP contribution in [-0.2, 0) is 0 Å². The van der Waals surface area contributed by atoms with Crippen LogP contribution in [-0.4, -0.2) is 49.7 Å². The quantitative estimate of drug-likeness (QED) is 0.858. The van der Waals surface area contributed by atoms with Gasteiger partial charge in [0.2, 0.25) is 0 Å². The Labute approximate surface area is 104 Å². The lowest BCUT2D eigenvalue weighted by molar-refractivity contribution is 0.313. The van der Waals surface area contributed by atoms with Gasteiger partial charge in [-0.25, -0.2) is 0 Å². The van der Waals surface area contributed by atoms with E-state index >= 15 is 0 Å². The Morgan fingerprint density at radius 2 is 2.00 bits per heavy atom. The second-order valence-corrected chi connectivity index (χ2v) is 4.65. The largest absolute Gasteiger partial charge is 0.384 e. The van der Waals surface area contributed by atoms with E-state index in [4.69, 9.17) is 0 Å². The number of nitrogens with one attached hydrogen (secondary N) is 1. The SMILES string of the molecule is CCCNc1cncc(N2CCN(C)CC2)c1. The van der Waals surface area contributed by atoms with Crippen LogP contribution in [0.25, 0.3) is 0 Å². The number of aromatic nitrogens is 1. The number of hydrogen-bond donors (Lipinski definition) is 1. The molecule has 0 aromatic carbocycles. The second kappa shape index (κ2) is 5.87. The normalized spacial score (nSPS) is 17.2. The van der Waals surface area contributed by atoms with Gasteiger partial charge in [0, 0.05) is 32.7 Å². The van der Waals surface area contributed by atoms with Crippen molar-refractivity contribution in [2.24, 2.45) is 0 Å². The molecular formula is C13H22N4. The highest BCUT2D eigenvalue weighted by Crippen LogP contribution is 2.18. The van der Waals surface area contributed by atoms with Crippen LogP contribution in [0.4, 0.5) is 11.4 Å². The minimum absolute atomic E-state index is 1.01. The van der Waals surface area contributed by atoms with Gasteiger partial charge in [0.05, 0.1) is 23.8 Å². The maximum absolute atomic E-state index is 4.31. The first kappa shape index (κ1) is 12.2. The average molecular weight is 234 g/mol. The van der Waals surface area contributed by atoms with Gasteiger partial charge in [0.1, 0.15) is 0 Å². The van der Waals surface area contributed by atoms with Crippen molar-refractivity contribution in [1.82, 2.24) is 9.88 Å². The van der Waals surface area contributed by atoms with E-state index in [0.29, 0.717) is 0 Å². The van der Waals surface area contributed by atoms with Gasteiger partial charge >= 0.3 is 0 Å². The molecule has 0 spiro atoms. The number of piperazine rings is 1. The van der Waals surface area contributed by atoms with Crippen LogP contribution in [0.5, 0.6) is 0 Å². The summed E-state index contributed by atoms with van der Waals surface area (Å²) in [4.78, 5) is 9.09. The highest BCUT2D eigenvalue weighted by Gasteiger charge is 2.14. The Hall–Kier alpha value is -1.29. The van der Waals surface area contributed by atoms with Crippen LogP contribution in [0.1, 0.15) is 13.3 Å². The molecule has 4 heteroatoms. The van der Waals surface area contributed by atoms with Crippen molar-refractivity contribution in [2.75, 3.05) is 50.0 Å². The standard InChI is InChI=1S/C13H22N4/c1-3-4-15-12-9-13(11-14-10-12)17-7-5-16(2)6-8-17/h9-11,15H,3-8H2,1-2H3. The number of rotatable bonds is 4. The third-order valence-electron chi connectivity index (χ3n) is 3.17. The van der Waals surface area contributed by atoms with Crippen molar-refractivity contribution in [3.63, 3.8) is 0 Å². The Balaban J connectivity index is 2.00. The lowest BCUT2D eigenvalue weighted by atomic mass is 10.2. The molecule has 2 heterocycles. The fourth-order valence-corrected chi connectivity index (χ4v) is 2.03. The summed E-state index contributed by atoms with van der Waals surface area (Å²) in [6.07, 6.45) is 5.00. The van der Waals surface area contributed by atoms with Crippen LogP contribution >= 0.6 is 0 Å². The van der Waals surface area contributed by atoms with Gasteiger partial charge in [-0.05, 0) is 19.5 Å². The fraction of sp³-hybridized carbons (Fsp3) is 0.615. The lowest BCUT2D eigenvalue weighted by Gasteiger charge is -2.33. The highest BCUT2D eigenvalue weighted by atomic mass is 15.2. The molecule has 0 saturated carbocycles. The van der Waals surface area contributed by atoms with Crippen molar-refractivity contribution in [3.05, 3.63) is 18.5 Å². The van der Waals surface area contributed by atoms with Crippen LogP contribution in [0.3, 0.4) is 0 Å². The maximum atomic E-state index is 4.31. The molecule has 1 aliphatic rings. The van der Waals surface area contributed by atoms with Crippen molar-refractivity contribution < 1.29 is 0 Å². The molecule has 0 atom stereocenters. The van der Waals surface area contributed by atoms with Crippen molar-refractivity contribution in [3.8, 4) is 0 Å². The average Bonchev–Trinajstić information content (AvgIpc) is 2.37. The van der Waals surface area contributed by atoms with Crippen molar-refractivity contribution in [1.29, 1.82) is 0 Å². The zero-order chi connectivity index (χ0) is 12.1. The molecule has 17 heavy (non-hydrogen) atoms. The van der Waals surface area contributed by atoms with E-state index in [9.17, 15) is 0 Å². The summed E-state index contributed by atoms with van der Waals surface area (Å²) in [5.74, 6) is 0. The Morgan fingerprint density at radius 3 is 2.71 bits per heavy atom. The van der Waals surface area contributed by atoms with E-state index in [1.165, 1.54) is 5.69 Å². The molecule has 0 unspecified atom stereocenters. The molecular weight excluding hydrogens is 212 g/mol. The number of likely N-dealkylation sites (N-methyl/N-ethyl adjacent to an activating group) is 1. The molecule has 1 fully saturated rings. The number of pyridine rings is 1. The third-order valence-corrected chi connectivity index (χ3v) is 3.17. The predicted octanol–water partition coefficient (Wildman–Crippen LogP) is 1.66. The van der Waals surface area contributed by atoms with Crippen LogP contribution < -0.4 is 10.2 Å². The van der Waals surface area contributed by atoms with Gasteiger partial charge in [-0.1, -0.05) is 6.92 Å². The Bertz CT molecular complexity index is 345. The fourth-order valence-electron chi connectivity index (χ4n) is 2.03. The van der Waals surface area contributed by atoms with E-state index < -0.39 is 0 Å². The van der Waals surface area contributed by atoms with Gasteiger partial charge in [-0.3, -0.25) is 4.98 Å². The number of nitrogens with zero attached hydrogens (tertiary/aromatic N) is 3. The Morgan fingerprint density at radius 1 is 1.24 bits per heavy atom. The molecule has 1 aromatic rings. The summed E-state index contributed by atoms with van der Waals surface area (Å²) in [7, 11) is 2.18. The zero-order valence-electron chi connectivity index (χ0n) is 10.8. The monoisotopic (exact) mass is 234 g/mol. The Kier molecular flexibility index (Phi) is 4.20. The first-order chi connectivity index (χ1) is 8.29. The summed E-state index contributed by atoms with van der Waals surface area (Å²) < 4.78 is 0. The summed E-state index contributed by atoms with van der Waals surface area (Å²) in [5.41, 5.74) is 2.36. The minimum atomic E-state index is 1.01. The first-order valence-electron chi connectivity index (χ1n) is 6.42. The van der Waals surface area contributed by atoms with Crippen LogP contribution in [0, 0.1) is 0 Å². The van der Waals surface area contributed by atoms with Gasteiger partial charge in [0.15, 0.2) is 0 Å². The molecule has 1 aliphatic heterocycles. The molecule has 2 rings (SSSR count). The predicted molar refractivity (Wildman–Crippen MR) is 72.7 cm³/mol. The first-order valence-corrected chi connectivity index (χ1v) is 6.42. The van der Waals surface area contributed by atoms with Gasteiger partial charge in [-0.2, -0.15) is 0 Å². The van der Waals surface area contributed by atoms with Gasteiger partial charge in [0.25, 0.3) is 0 Å². The smallest absolute Gasteiger partial charge is 0.0574 e. The van der Waals surface area contributed by atoms with E-state index in [1.807, 2.05) is 12.4 Å². The summed E-state index contributed by atoms with van der Waals surface area (Å²) in [6, 6.07) is 2.20. The van der Waals surface area contributed by atoms with Crippen LogP contribution in [0.2, 0.25) is 0 Å². The molecule has 94 valence electrons. The van der Waals surface area contributed by atoms with Crippen LogP contribution in [0.15, 0.2) is 18.5 Å². The van der Waals surface area contributed by atoms with Crippen molar-refractivity contribution in [2.45, 2.75) is 13.3 Å². The molecule has 1 aromatic heterocycles. The molecule has 0 radical (unpaired) electrons. The van der Waals surface area contributed by atoms with Crippen molar-refractivity contribution >= 4 is 11.4 Å². The summed E-state index contributed by atoms with van der Waals surface area (Å²) in [6.45, 7) is 7.63. The van der Waals surface area contributed by atoms with E-state index in [0.717, 1.165) is 44.8 Å². The maximum Gasteiger partial charge on any atom is 0.0574 e. The minimum Gasteiger partial charge on any atom is -0.384 e. The number of anilines is 2. The van der Waals surface area contributed by atoms with Gasteiger partial charge < -0.3 is 15.1 Å². The van der Waals surface area contributed by atoms with Gasteiger partial charge in [-0.15, -0.1) is 0 Å². The molecule has 1 N–H and O–H groups in total. The molecule has 4 nitrogen and oxygen atoms in total. The third kappa shape index (κ3) is 3.33. The zero-order valence-corrected chi connectivity index (χ0v) is 10.8. The summed E-state index contributed by atoms with van der Waals surface area (Å²) in [5, 5.41) is 3.38. The molecule has 1 saturated heterocycles.